The third-order valence-electron chi connectivity index (χ3n) is 4.88. The predicted molar refractivity (Wildman–Crippen MR) is 88.5 cm³/mol. The van der Waals surface area contributed by atoms with Crippen molar-refractivity contribution in [1.29, 1.82) is 0 Å². The molecule has 0 aromatic heterocycles. The average Bonchev–Trinajstić information content (AvgIpc) is 2.48. The highest BCUT2D eigenvalue weighted by atomic mass is 32.2. The van der Waals surface area contributed by atoms with E-state index in [1.165, 1.54) is 0 Å². The highest BCUT2D eigenvalue weighted by Crippen LogP contribution is 2.29. The molecule has 0 spiro atoms. The van der Waals surface area contributed by atoms with E-state index < -0.39 is 15.1 Å². The molecule has 1 aliphatic carbocycles. The fraction of sp³-hybridized carbons (Fsp3) is 0.938. The second kappa shape index (κ2) is 7.77. The third kappa shape index (κ3) is 4.22. The van der Waals surface area contributed by atoms with Crippen LogP contribution in [0.4, 0.5) is 0 Å². The number of rotatable bonds is 5. The van der Waals surface area contributed by atoms with Gasteiger partial charge in [0.2, 0.25) is 5.91 Å². The first-order valence-electron chi connectivity index (χ1n) is 8.66. The molecule has 1 saturated carbocycles. The summed E-state index contributed by atoms with van der Waals surface area (Å²) in [5.74, 6) is -0.488. The minimum atomic E-state index is -3.41. The highest BCUT2D eigenvalue weighted by Gasteiger charge is 2.41. The summed E-state index contributed by atoms with van der Waals surface area (Å²) in [6.07, 6.45) is 6.40. The van der Waals surface area contributed by atoms with Crippen LogP contribution in [0.1, 0.15) is 58.8 Å². The monoisotopic (exact) mass is 330 g/mol. The summed E-state index contributed by atoms with van der Waals surface area (Å²) in [7, 11) is -3.41. The first kappa shape index (κ1) is 17.7. The van der Waals surface area contributed by atoms with E-state index in [0.717, 1.165) is 45.2 Å². The predicted octanol–water partition coefficient (Wildman–Crippen LogP) is 1.63. The summed E-state index contributed by atoms with van der Waals surface area (Å²) >= 11 is 0. The first-order chi connectivity index (χ1) is 10.4. The zero-order valence-corrected chi connectivity index (χ0v) is 14.6. The highest BCUT2D eigenvalue weighted by molar-refractivity contribution is 7.93. The van der Waals surface area contributed by atoms with Crippen LogP contribution in [-0.2, 0) is 14.6 Å². The van der Waals surface area contributed by atoms with Crippen molar-refractivity contribution in [2.24, 2.45) is 5.92 Å². The van der Waals surface area contributed by atoms with E-state index in [-0.39, 0.29) is 23.1 Å². The maximum Gasteiger partial charge on any atom is 0.238 e. The van der Waals surface area contributed by atoms with E-state index in [2.05, 4.69) is 10.6 Å². The Bertz CT molecular complexity index is 464. The van der Waals surface area contributed by atoms with Gasteiger partial charge in [-0.1, -0.05) is 33.1 Å². The fourth-order valence-electron chi connectivity index (χ4n) is 3.69. The number of hydrogen-bond acceptors (Lipinski definition) is 4. The van der Waals surface area contributed by atoms with Gasteiger partial charge in [-0.3, -0.25) is 4.79 Å². The van der Waals surface area contributed by atoms with Gasteiger partial charge in [0.05, 0.1) is 5.25 Å². The van der Waals surface area contributed by atoms with Gasteiger partial charge in [-0.25, -0.2) is 8.42 Å². The van der Waals surface area contributed by atoms with Crippen molar-refractivity contribution in [3.8, 4) is 0 Å². The Morgan fingerprint density at radius 2 is 1.77 bits per heavy atom. The summed E-state index contributed by atoms with van der Waals surface area (Å²) < 4.78 is 25.9. The lowest BCUT2D eigenvalue weighted by Gasteiger charge is -2.31. The molecule has 2 fully saturated rings. The molecule has 1 heterocycles. The van der Waals surface area contributed by atoms with Crippen LogP contribution in [0.25, 0.3) is 0 Å². The minimum absolute atomic E-state index is 0.0593. The number of sulfone groups is 1. The molecule has 2 rings (SSSR count). The average molecular weight is 330 g/mol. The quantitative estimate of drug-likeness (QED) is 0.803. The van der Waals surface area contributed by atoms with Crippen LogP contribution in [0.2, 0.25) is 0 Å². The number of amides is 1. The Balaban J connectivity index is 2.08. The molecule has 1 unspecified atom stereocenters. The Morgan fingerprint density at radius 3 is 2.32 bits per heavy atom. The smallest absolute Gasteiger partial charge is 0.238 e. The van der Waals surface area contributed by atoms with E-state index in [0.29, 0.717) is 12.8 Å². The van der Waals surface area contributed by atoms with Gasteiger partial charge in [-0.2, -0.15) is 0 Å². The van der Waals surface area contributed by atoms with E-state index in [1.807, 2.05) is 13.8 Å². The van der Waals surface area contributed by atoms with Crippen molar-refractivity contribution in [3.63, 3.8) is 0 Å². The van der Waals surface area contributed by atoms with E-state index in [4.69, 9.17) is 0 Å². The number of carbonyl (C=O) groups is 1. The van der Waals surface area contributed by atoms with Crippen LogP contribution in [-0.4, -0.2) is 44.0 Å². The molecule has 2 atom stereocenters. The number of nitrogens with one attached hydrogen (secondary N) is 2. The van der Waals surface area contributed by atoms with Crippen LogP contribution in [0.3, 0.4) is 0 Å². The van der Waals surface area contributed by atoms with E-state index >= 15 is 0 Å². The topological polar surface area (TPSA) is 75.3 Å². The molecule has 0 bridgehead atoms. The molecule has 0 radical (unpaired) electrons. The number of carbonyl (C=O) groups excluding carboxylic acids is 1. The van der Waals surface area contributed by atoms with Crippen molar-refractivity contribution in [2.45, 2.75) is 75.3 Å². The van der Waals surface area contributed by atoms with Crippen LogP contribution in [0, 0.1) is 5.92 Å². The number of hydrogen-bond donors (Lipinski definition) is 2. The molecule has 22 heavy (non-hydrogen) atoms. The van der Waals surface area contributed by atoms with Gasteiger partial charge in [-0.05, 0) is 38.1 Å². The van der Waals surface area contributed by atoms with Gasteiger partial charge in [0.15, 0.2) is 9.84 Å². The minimum Gasteiger partial charge on any atom is -0.351 e. The zero-order chi connectivity index (χ0) is 16.2. The molecule has 2 N–H and O–H groups in total. The third-order valence-corrected chi connectivity index (χ3v) is 7.74. The molecule has 1 saturated heterocycles. The molecule has 1 aliphatic heterocycles. The lowest BCUT2D eigenvalue weighted by molar-refractivity contribution is -0.122. The lowest BCUT2D eigenvalue weighted by Crippen LogP contribution is -2.53. The second-order valence-electron chi connectivity index (χ2n) is 7.07. The van der Waals surface area contributed by atoms with Crippen molar-refractivity contribution in [2.75, 3.05) is 13.1 Å². The summed E-state index contributed by atoms with van der Waals surface area (Å²) in [4.78, 5) is 12.6. The van der Waals surface area contributed by atoms with Gasteiger partial charge in [0.25, 0.3) is 0 Å². The van der Waals surface area contributed by atoms with Crippen molar-refractivity contribution < 1.29 is 13.2 Å². The van der Waals surface area contributed by atoms with Crippen molar-refractivity contribution >= 4 is 15.7 Å². The van der Waals surface area contributed by atoms with Crippen LogP contribution in [0.5, 0.6) is 0 Å². The van der Waals surface area contributed by atoms with E-state index in [1.54, 1.807) is 0 Å². The number of piperidine rings is 1. The van der Waals surface area contributed by atoms with Gasteiger partial charge in [0, 0.05) is 12.6 Å². The van der Waals surface area contributed by atoms with Crippen molar-refractivity contribution in [3.05, 3.63) is 0 Å². The first-order valence-corrected chi connectivity index (χ1v) is 10.3. The van der Waals surface area contributed by atoms with Crippen LogP contribution >= 0.6 is 0 Å². The maximum atomic E-state index is 12.9. The largest absolute Gasteiger partial charge is 0.351 e. The lowest BCUT2D eigenvalue weighted by atomic mass is 10.0. The molecule has 0 aromatic rings. The molecule has 0 aromatic carbocycles. The Morgan fingerprint density at radius 1 is 1.09 bits per heavy atom. The van der Waals surface area contributed by atoms with Crippen LogP contribution in [0.15, 0.2) is 0 Å². The summed E-state index contributed by atoms with van der Waals surface area (Å²) in [6, 6.07) is 0.0593. The SMILES string of the molecule is CC(C)C(C(=O)N[C@H]1CCCNC1)S(=O)(=O)C1CCCCC1. The van der Waals surface area contributed by atoms with Gasteiger partial charge >= 0.3 is 0 Å². The summed E-state index contributed by atoms with van der Waals surface area (Å²) in [6.45, 7) is 5.38. The maximum absolute atomic E-state index is 12.9. The van der Waals surface area contributed by atoms with Gasteiger partial charge in [0.1, 0.15) is 5.25 Å². The Kier molecular flexibility index (Phi) is 6.26. The van der Waals surface area contributed by atoms with Gasteiger partial charge < -0.3 is 10.6 Å². The molecule has 2 aliphatic rings. The molecule has 1 amide bonds. The normalized spacial score (nSPS) is 25.9. The Hall–Kier alpha value is -0.620. The fourth-order valence-corrected chi connectivity index (χ4v) is 6.22. The molecular weight excluding hydrogens is 300 g/mol. The standard InChI is InChI=1S/C16H30N2O3S/c1-12(2)15(16(19)18-13-7-6-10-17-11-13)22(20,21)14-8-4-3-5-9-14/h12-15,17H,3-11H2,1-2H3,(H,18,19)/t13-,15?/m0/s1. The molecule has 5 nitrogen and oxygen atoms in total. The molecule has 6 heteroatoms. The van der Waals surface area contributed by atoms with Crippen molar-refractivity contribution in [1.82, 2.24) is 10.6 Å². The van der Waals surface area contributed by atoms with Crippen LogP contribution < -0.4 is 10.6 Å². The second-order valence-corrected chi connectivity index (χ2v) is 9.42. The molecular formula is C16H30N2O3S. The van der Waals surface area contributed by atoms with Gasteiger partial charge in [-0.15, -0.1) is 0 Å². The Labute approximate surface area is 134 Å². The van der Waals surface area contributed by atoms with E-state index in [9.17, 15) is 13.2 Å². The summed E-state index contributed by atoms with van der Waals surface area (Å²) in [5, 5.41) is 4.98. The summed E-state index contributed by atoms with van der Waals surface area (Å²) in [5.41, 5.74) is 0. The zero-order valence-electron chi connectivity index (χ0n) is 13.8. The molecule has 128 valence electrons.